The topological polar surface area (TPSA) is 93.0 Å². The van der Waals surface area contributed by atoms with E-state index in [1.807, 2.05) is 0 Å². The van der Waals surface area contributed by atoms with E-state index >= 15 is 0 Å². The van der Waals surface area contributed by atoms with Crippen LogP contribution >= 0.6 is 11.6 Å². The summed E-state index contributed by atoms with van der Waals surface area (Å²) < 4.78 is 5.27. The first-order valence-corrected chi connectivity index (χ1v) is 5.50. The zero-order valence-electron chi connectivity index (χ0n) is 9.31. The van der Waals surface area contributed by atoms with Crippen LogP contribution in [-0.4, -0.2) is 22.7 Å². The first-order valence-electron chi connectivity index (χ1n) is 5.12. The number of halogens is 1. The smallest absolute Gasteiger partial charge is 0.263 e. The Bertz CT molecular complexity index is 555. The Morgan fingerprint density at radius 1 is 1.56 bits per heavy atom. The Balaban J connectivity index is 1.87. The zero-order chi connectivity index (χ0) is 13.0. The largest absolute Gasteiger partial charge is 0.484 e. The maximum atomic E-state index is 11.5. The predicted molar refractivity (Wildman–Crippen MR) is 68.6 cm³/mol. The fraction of sp³-hybridized carbons (Fsp3) is 0.0909. The molecule has 0 saturated heterocycles. The number of anilines is 2. The number of aromatic nitrogens is 2. The van der Waals surface area contributed by atoms with E-state index in [9.17, 15) is 4.79 Å². The van der Waals surface area contributed by atoms with Gasteiger partial charge in [0.1, 0.15) is 5.75 Å². The van der Waals surface area contributed by atoms with Crippen LogP contribution < -0.4 is 15.8 Å². The van der Waals surface area contributed by atoms with E-state index < -0.39 is 0 Å². The summed E-state index contributed by atoms with van der Waals surface area (Å²) in [5, 5.41) is 9.32. The van der Waals surface area contributed by atoms with Gasteiger partial charge in [0.05, 0.1) is 11.9 Å². The molecule has 2 aromatic rings. The summed E-state index contributed by atoms with van der Waals surface area (Å²) >= 11 is 5.79. The minimum Gasteiger partial charge on any atom is -0.484 e. The number of nitrogen functional groups attached to an aromatic ring is 1. The molecule has 0 bridgehead atoms. The van der Waals surface area contributed by atoms with E-state index in [0.29, 0.717) is 22.3 Å². The number of ether oxygens (including phenoxy) is 1. The third-order valence-corrected chi connectivity index (χ3v) is 2.33. The van der Waals surface area contributed by atoms with Crippen LogP contribution in [0.1, 0.15) is 0 Å². The zero-order valence-corrected chi connectivity index (χ0v) is 10.1. The molecule has 94 valence electrons. The highest BCUT2D eigenvalue weighted by molar-refractivity contribution is 6.30. The second-order valence-electron chi connectivity index (χ2n) is 3.49. The molecular weight excluding hydrogens is 256 g/mol. The van der Waals surface area contributed by atoms with Gasteiger partial charge in [0, 0.05) is 5.02 Å². The lowest BCUT2D eigenvalue weighted by Gasteiger charge is -2.06. The molecule has 0 unspecified atom stereocenters. The number of H-pyrrole nitrogens is 1. The van der Waals surface area contributed by atoms with Crippen LogP contribution in [-0.2, 0) is 4.79 Å². The first kappa shape index (κ1) is 12.3. The average molecular weight is 267 g/mol. The lowest BCUT2D eigenvalue weighted by Crippen LogP contribution is -2.20. The molecule has 0 saturated carbocycles. The van der Waals surface area contributed by atoms with Gasteiger partial charge >= 0.3 is 0 Å². The normalized spacial score (nSPS) is 10.1. The summed E-state index contributed by atoms with van der Waals surface area (Å²) in [4.78, 5) is 11.5. The van der Waals surface area contributed by atoms with Gasteiger partial charge in [-0.2, -0.15) is 5.10 Å². The number of amides is 1. The molecule has 18 heavy (non-hydrogen) atoms. The molecule has 7 heteroatoms. The Kier molecular flexibility index (Phi) is 3.69. The summed E-state index contributed by atoms with van der Waals surface area (Å²) in [6.45, 7) is -0.140. The van der Waals surface area contributed by atoms with Crippen molar-refractivity contribution in [2.75, 3.05) is 17.7 Å². The Labute approximate surface area is 108 Å². The van der Waals surface area contributed by atoms with Crippen molar-refractivity contribution in [3.8, 4) is 5.75 Å². The van der Waals surface area contributed by atoms with Crippen LogP contribution in [0, 0.1) is 0 Å². The number of nitrogens with one attached hydrogen (secondary N) is 2. The Morgan fingerprint density at radius 2 is 2.39 bits per heavy atom. The maximum Gasteiger partial charge on any atom is 0.263 e. The number of hydrogen-bond acceptors (Lipinski definition) is 4. The second-order valence-corrected chi connectivity index (χ2v) is 3.93. The minimum absolute atomic E-state index is 0.140. The van der Waals surface area contributed by atoms with Crippen molar-refractivity contribution in [2.24, 2.45) is 0 Å². The van der Waals surface area contributed by atoms with Gasteiger partial charge in [0.2, 0.25) is 0 Å². The number of nitrogens with zero attached hydrogens (tertiary/aromatic N) is 1. The number of rotatable bonds is 4. The summed E-state index contributed by atoms with van der Waals surface area (Å²) in [5.41, 5.74) is 5.92. The van der Waals surface area contributed by atoms with Crippen molar-refractivity contribution in [3.05, 3.63) is 35.5 Å². The molecule has 0 aliphatic rings. The number of carbonyl (C=O) groups is 1. The molecule has 1 heterocycles. The highest BCUT2D eigenvalue weighted by atomic mass is 35.5. The molecule has 1 aromatic heterocycles. The number of nitrogens with two attached hydrogens (primary N) is 1. The van der Waals surface area contributed by atoms with Gasteiger partial charge in [-0.25, -0.2) is 0 Å². The van der Waals surface area contributed by atoms with E-state index in [1.165, 1.54) is 6.20 Å². The van der Waals surface area contributed by atoms with Crippen LogP contribution in [0.3, 0.4) is 0 Å². The molecule has 0 aliphatic heterocycles. The van der Waals surface area contributed by atoms with Crippen LogP contribution in [0.15, 0.2) is 30.5 Å². The van der Waals surface area contributed by atoms with Gasteiger partial charge in [-0.05, 0) is 18.2 Å². The average Bonchev–Trinajstić information content (AvgIpc) is 2.73. The van der Waals surface area contributed by atoms with Crippen molar-refractivity contribution >= 4 is 29.0 Å². The van der Waals surface area contributed by atoms with Gasteiger partial charge in [0.15, 0.2) is 12.4 Å². The summed E-state index contributed by atoms with van der Waals surface area (Å²) in [7, 11) is 0. The standard InChI is InChI=1S/C11H11ClN4O2/c12-7-2-1-3-8(4-7)18-6-10(17)15-11-9(13)5-14-16-11/h1-5H,6,13H2,(H2,14,15,16,17). The van der Waals surface area contributed by atoms with Crippen LogP contribution in [0.25, 0.3) is 0 Å². The molecule has 1 aromatic carbocycles. The van der Waals surface area contributed by atoms with Gasteiger partial charge in [-0.15, -0.1) is 0 Å². The lowest BCUT2D eigenvalue weighted by atomic mass is 10.3. The fourth-order valence-electron chi connectivity index (χ4n) is 1.28. The van der Waals surface area contributed by atoms with E-state index in [-0.39, 0.29) is 12.5 Å². The molecule has 0 radical (unpaired) electrons. The van der Waals surface area contributed by atoms with Crippen LogP contribution in [0.4, 0.5) is 11.5 Å². The fourth-order valence-corrected chi connectivity index (χ4v) is 1.46. The highest BCUT2D eigenvalue weighted by Gasteiger charge is 2.07. The van der Waals surface area contributed by atoms with Crippen molar-refractivity contribution in [1.82, 2.24) is 10.2 Å². The van der Waals surface area contributed by atoms with Gasteiger partial charge < -0.3 is 15.8 Å². The van der Waals surface area contributed by atoms with Gasteiger partial charge in [0.25, 0.3) is 5.91 Å². The molecule has 0 atom stereocenters. The summed E-state index contributed by atoms with van der Waals surface area (Å²) in [6.07, 6.45) is 1.41. The maximum absolute atomic E-state index is 11.5. The van der Waals surface area contributed by atoms with Crippen molar-refractivity contribution in [1.29, 1.82) is 0 Å². The van der Waals surface area contributed by atoms with Gasteiger partial charge in [-0.1, -0.05) is 17.7 Å². The molecular formula is C11H11ClN4O2. The van der Waals surface area contributed by atoms with E-state index in [2.05, 4.69) is 15.5 Å². The second kappa shape index (κ2) is 5.42. The molecule has 0 fully saturated rings. The third-order valence-electron chi connectivity index (χ3n) is 2.10. The molecule has 1 amide bonds. The van der Waals surface area contributed by atoms with E-state index in [0.717, 1.165) is 0 Å². The SMILES string of the molecule is Nc1cn[nH]c1NC(=O)COc1cccc(Cl)c1. The third kappa shape index (κ3) is 3.14. The minimum atomic E-state index is -0.342. The van der Waals surface area contributed by atoms with Crippen molar-refractivity contribution in [3.63, 3.8) is 0 Å². The summed E-state index contributed by atoms with van der Waals surface area (Å²) in [6, 6.07) is 6.80. The first-order chi connectivity index (χ1) is 8.65. The van der Waals surface area contributed by atoms with Crippen molar-refractivity contribution in [2.45, 2.75) is 0 Å². The molecule has 4 N–H and O–H groups in total. The molecule has 6 nitrogen and oxygen atoms in total. The van der Waals surface area contributed by atoms with E-state index in [4.69, 9.17) is 22.1 Å². The number of benzene rings is 1. The molecule has 2 rings (SSSR count). The Morgan fingerprint density at radius 3 is 3.06 bits per heavy atom. The Hall–Kier alpha value is -2.21. The highest BCUT2D eigenvalue weighted by Crippen LogP contribution is 2.17. The van der Waals surface area contributed by atoms with Crippen molar-refractivity contribution < 1.29 is 9.53 Å². The number of hydrogen-bond donors (Lipinski definition) is 3. The van der Waals surface area contributed by atoms with Crippen LogP contribution in [0.5, 0.6) is 5.75 Å². The molecule has 0 aliphatic carbocycles. The monoisotopic (exact) mass is 266 g/mol. The lowest BCUT2D eigenvalue weighted by molar-refractivity contribution is -0.118. The summed E-state index contributed by atoms with van der Waals surface area (Å²) in [5.74, 6) is 0.538. The molecule has 0 spiro atoms. The van der Waals surface area contributed by atoms with Gasteiger partial charge in [-0.3, -0.25) is 9.89 Å². The van der Waals surface area contributed by atoms with Crippen LogP contribution in [0.2, 0.25) is 5.02 Å². The quantitative estimate of drug-likeness (QED) is 0.785. The number of aromatic amines is 1. The predicted octanol–water partition coefficient (Wildman–Crippen LogP) is 1.66. The van der Waals surface area contributed by atoms with E-state index in [1.54, 1.807) is 24.3 Å². The number of carbonyl (C=O) groups excluding carboxylic acids is 1.